The maximum atomic E-state index is 12.3. The van der Waals surface area contributed by atoms with Crippen LogP contribution in [0.4, 0.5) is 5.69 Å². The molecule has 17 heavy (non-hydrogen) atoms. The van der Waals surface area contributed by atoms with Crippen molar-refractivity contribution in [1.82, 2.24) is 5.32 Å². The molecule has 1 aliphatic heterocycles. The molecule has 0 aliphatic carbocycles. The van der Waals surface area contributed by atoms with Crippen molar-refractivity contribution in [3.63, 3.8) is 0 Å². The van der Waals surface area contributed by atoms with Crippen LogP contribution in [-0.4, -0.2) is 23.4 Å². The lowest BCUT2D eigenvalue weighted by molar-refractivity contribution is -0.136. The molecule has 0 bridgehead atoms. The minimum atomic E-state index is -0.848. The van der Waals surface area contributed by atoms with Gasteiger partial charge in [-0.15, -0.1) is 0 Å². The number of piperazine rings is 1. The van der Waals surface area contributed by atoms with Gasteiger partial charge in [-0.3, -0.25) is 14.5 Å². The van der Waals surface area contributed by atoms with Crippen molar-refractivity contribution in [3.05, 3.63) is 30.3 Å². The molecule has 4 nitrogen and oxygen atoms in total. The van der Waals surface area contributed by atoms with Crippen LogP contribution in [0.1, 0.15) is 20.8 Å². The third kappa shape index (κ3) is 1.90. The van der Waals surface area contributed by atoms with Gasteiger partial charge in [-0.25, -0.2) is 0 Å². The molecular formula is C13H16N2O2. The molecule has 1 atom stereocenters. The van der Waals surface area contributed by atoms with E-state index in [1.165, 1.54) is 0 Å². The van der Waals surface area contributed by atoms with Gasteiger partial charge in [0.2, 0.25) is 5.91 Å². The molecule has 4 heteroatoms. The van der Waals surface area contributed by atoms with Gasteiger partial charge in [-0.1, -0.05) is 18.2 Å². The summed E-state index contributed by atoms with van der Waals surface area (Å²) < 4.78 is 0. The van der Waals surface area contributed by atoms with Crippen molar-refractivity contribution in [1.29, 1.82) is 0 Å². The van der Waals surface area contributed by atoms with E-state index in [0.717, 1.165) is 5.69 Å². The van der Waals surface area contributed by atoms with Crippen LogP contribution in [0, 0.1) is 0 Å². The fraction of sp³-hybridized carbons (Fsp3) is 0.385. The van der Waals surface area contributed by atoms with Crippen LogP contribution in [-0.2, 0) is 9.59 Å². The van der Waals surface area contributed by atoms with Gasteiger partial charge in [0, 0.05) is 5.69 Å². The number of para-hydroxylation sites is 1. The fourth-order valence-electron chi connectivity index (χ4n) is 1.99. The molecule has 2 rings (SSSR count). The summed E-state index contributed by atoms with van der Waals surface area (Å²) in [6, 6.07) is 8.79. The summed E-state index contributed by atoms with van der Waals surface area (Å²) >= 11 is 0. The quantitative estimate of drug-likeness (QED) is 0.793. The zero-order valence-electron chi connectivity index (χ0n) is 10.2. The molecule has 0 radical (unpaired) electrons. The molecule has 1 fully saturated rings. The van der Waals surface area contributed by atoms with Crippen LogP contribution < -0.4 is 10.2 Å². The summed E-state index contributed by atoms with van der Waals surface area (Å²) in [6.45, 7) is 5.17. The Hall–Kier alpha value is -1.84. The van der Waals surface area contributed by atoms with Crippen molar-refractivity contribution in [2.75, 3.05) is 4.90 Å². The van der Waals surface area contributed by atoms with E-state index in [2.05, 4.69) is 5.32 Å². The van der Waals surface area contributed by atoms with E-state index < -0.39 is 11.6 Å². The van der Waals surface area contributed by atoms with E-state index in [4.69, 9.17) is 0 Å². The van der Waals surface area contributed by atoms with Crippen molar-refractivity contribution < 1.29 is 9.59 Å². The Kier molecular flexibility index (Phi) is 2.65. The second kappa shape index (κ2) is 3.87. The minimum absolute atomic E-state index is 0.0872. The molecule has 0 aromatic heterocycles. The van der Waals surface area contributed by atoms with E-state index in [1.807, 2.05) is 30.3 Å². The first-order valence-electron chi connectivity index (χ1n) is 5.64. The van der Waals surface area contributed by atoms with E-state index in [0.29, 0.717) is 0 Å². The highest BCUT2D eigenvalue weighted by molar-refractivity contribution is 6.10. The highest BCUT2D eigenvalue weighted by atomic mass is 16.2. The van der Waals surface area contributed by atoms with Crippen molar-refractivity contribution in [2.24, 2.45) is 0 Å². The largest absolute Gasteiger partial charge is 0.340 e. The Bertz CT molecular complexity index is 454. The molecule has 1 saturated heterocycles. The maximum absolute atomic E-state index is 12.3. The Morgan fingerprint density at radius 2 is 1.76 bits per heavy atom. The molecule has 0 spiro atoms. The van der Waals surface area contributed by atoms with Gasteiger partial charge in [0.1, 0.15) is 11.6 Å². The van der Waals surface area contributed by atoms with Crippen molar-refractivity contribution >= 4 is 17.5 Å². The molecule has 90 valence electrons. The Balaban J connectivity index is 2.43. The number of hydrogen-bond donors (Lipinski definition) is 1. The van der Waals surface area contributed by atoms with E-state index in [-0.39, 0.29) is 11.8 Å². The van der Waals surface area contributed by atoms with Crippen LogP contribution in [0.25, 0.3) is 0 Å². The van der Waals surface area contributed by atoms with Crippen LogP contribution >= 0.6 is 0 Å². The van der Waals surface area contributed by atoms with Gasteiger partial charge in [-0.2, -0.15) is 0 Å². The molecule has 0 saturated carbocycles. The molecule has 1 unspecified atom stereocenters. The predicted octanol–water partition coefficient (Wildman–Crippen LogP) is 1.32. The number of anilines is 1. The lowest BCUT2D eigenvalue weighted by Crippen LogP contribution is -2.67. The topological polar surface area (TPSA) is 49.4 Å². The smallest absolute Gasteiger partial charge is 0.252 e. The zero-order valence-corrected chi connectivity index (χ0v) is 10.2. The van der Waals surface area contributed by atoms with Gasteiger partial charge in [0.15, 0.2) is 0 Å². The Morgan fingerprint density at radius 1 is 1.18 bits per heavy atom. The monoisotopic (exact) mass is 232 g/mol. The summed E-state index contributed by atoms with van der Waals surface area (Å²) in [6.07, 6.45) is 0. The highest BCUT2D eigenvalue weighted by Crippen LogP contribution is 2.24. The first kappa shape index (κ1) is 11.6. The second-order valence-electron chi connectivity index (χ2n) is 4.80. The summed E-state index contributed by atoms with van der Waals surface area (Å²) in [5, 5.41) is 2.72. The fourth-order valence-corrected chi connectivity index (χ4v) is 1.99. The number of benzene rings is 1. The molecule has 1 aromatic rings. The minimum Gasteiger partial charge on any atom is -0.340 e. The standard InChI is InChI=1S/C13H16N2O2/c1-9-11(16)14-13(2,3)12(17)15(9)10-7-5-4-6-8-10/h4-9H,1-3H3,(H,14,16). The first-order chi connectivity index (χ1) is 7.93. The summed E-state index contributed by atoms with van der Waals surface area (Å²) in [7, 11) is 0. The van der Waals surface area contributed by atoms with Gasteiger partial charge < -0.3 is 5.32 Å². The number of carbonyl (C=O) groups is 2. The van der Waals surface area contributed by atoms with E-state index >= 15 is 0 Å². The van der Waals surface area contributed by atoms with Gasteiger partial charge in [0.05, 0.1) is 0 Å². The van der Waals surface area contributed by atoms with Gasteiger partial charge >= 0.3 is 0 Å². The normalized spacial score (nSPS) is 23.5. The third-order valence-corrected chi connectivity index (χ3v) is 2.99. The summed E-state index contributed by atoms with van der Waals surface area (Å²) in [5.74, 6) is -0.214. The Labute approximate surface area is 101 Å². The number of amides is 2. The number of carbonyl (C=O) groups excluding carboxylic acids is 2. The lowest BCUT2D eigenvalue weighted by Gasteiger charge is -2.41. The predicted molar refractivity (Wildman–Crippen MR) is 65.6 cm³/mol. The zero-order chi connectivity index (χ0) is 12.6. The number of rotatable bonds is 1. The average Bonchev–Trinajstić information content (AvgIpc) is 2.28. The average molecular weight is 232 g/mol. The highest BCUT2D eigenvalue weighted by Gasteiger charge is 2.43. The van der Waals surface area contributed by atoms with Crippen LogP contribution in [0.15, 0.2) is 30.3 Å². The first-order valence-corrected chi connectivity index (χ1v) is 5.64. The second-order valence-corrected chi connectivity index (χ2v) is 4.80. The molecule has 1 aliphatic rings. The van der Waals surface area contributed by atoms with Crippen LogP contribution in [0.3, 0.4) is 0 Å². The van der Waals surface area contributed by atoms with Crippen LogP contribution in [0.2, 0.25) is 0 Å². The molecule has 1 heterocycles. The van der Waals surface area contributed by atoms with Gasteiger partial charge in [-0.05, 0) is 32.9 Å². The summed E-state index contributed by atoms with van der Waals surface area (Å²) in [5.41, 5.74) is -0.0904. The number of nitrogens with one attached hydrogen (secondary N) is 1. The maximum Gasteiger partial charge on any atom is 0.252 e. The van der Waals surface area contributed by atoms with Crippen molar-refractivity contribution in [2.45, 2.75) is 32.4 Å². The lowest BCUT2D eigenvalue weighted by atomic mass is 9.97. The van der Waals surface area contributed by atoms with Crippen molar-refractivity contribution in [3.8, 4) is 0 Å². The molecule has 2 amide bonds. The van der Waals surface area contributed by atoms with E-state index in [9.17, 15) is 9.59 Å². The van der Waals surface area contributed by atoms with Gasteiger partial charge in [0.25, 0.3) is 5.91 Å². The van der Waals surface area contributed by atoms with Crippen LogP contribution in [0.5, 0.6) is 0 Å². The SMILES string of the molecule is CC1C(=O)NC(C)(C)C(=O)N1c1ccccc1. The number of nitrogens with zero attached hydrogens (tertiary/aromatic N) is 1. The third-order valence-electron chi connectivity index (χ3n) is 2.99. The van der Waals surface area contributed by atoms with E-state index in [1.54, 1.807) is 25.7 Å². The summed E-state index contributed by atoms with van der Waals surface area (Å²) in [4.78, 5) is 25.7. The molecule has 1 aromatic carbocycles. The molecule has 1 N–H and O–H groups in total. The molecular weight excluding hydrogens is 216 g/mol. The number of hydrogen-bond acceptors (Lipinski definition) is 2. The Morgan fingerprint density at radius 3 is 2.35 bits per heavy atom.